The Morgan fingerprint density at radius 1 is 1.59 bits per heavy atom. The first-order chi connectivity index (χ1) is 8.15. The van der Waals surface area contributed by atoms with Gasteiger partial charge in [0.25, 0.3) is 5.91 Å². The average molecular weight is 238 g/mol. The van der Waals surface area contributed by atoms with Crippen molar-refractivity contribution in [3.8, 4) is 5.75 Å². The Morgan fingerprint density at radius 3 is 3.00 bits per heavy atom. The van der Waals surface area contributed by atoms with Gasteiger partial charge in [0.2, 0.25) is 0 Å². The molecule has 0 saturated carbocycles. The summed E-state index contributed by atoms with van der Waals surface area (Å²) in [5.41, 5.74) is 0.277. The van der Waals surface area contributed by atoms with Crippen LogP contribution in [0.15, 0.2) is 18.3 Å². The van der Waals surface area contributed by atoms with E-state index in [1.165, 1.54) is 0 Å². The zero-order valence-corrected chi connectivity index (χ0v) is 10.1. The third kappa shape index (κ3) is 4.40. The van der Waals surface area contributed by atoms with Crippen molar-refractivity contribution in [1.82, 2.24) is 10.3 Å². The highest BCUT2D eigenvalue weighted by molar-refractivity contribution is 5.94. The highest BCUT2D eigenvalue weighted by Gasteiger charge is 2.14. The fraction of sp³-hybridized carbons (Fsp3) is 0.500. The summed E-state index contributed by atoms with van der Waals surface area (Å²) in [6, 6.07) is 3.44. The van der Waals surface area contributed by atoms with E-state index in [0.717, 1.165) is 0 Å². The Bertz CT molecular complexity index is 367. The van der Waals surface area contributed by atoms with Crippen molar-refractivity contribution in [3.05, 3.63) is 24.0 Å². The summed E-state index contributed by atoms with van der Waals surface area (Å²) in [6.45, 7) is 4.26. The minimum Gasteiger partial charge on any atom is -0.489 e. The van der Waals surface area contributed by atoms with Crippen molar-refractivity contribution < 1.29 is 14.6 Å². The van der Waals surface area contributed by atoms with Crippen LogP contribution in [0.1, 0.15) is 30.8 Å². The topological polar surface area (TPSA) is 71.5 Å². The normalized spacial score (nSPS) is 10.4. The highest BCUT2D eigenvalue weighted by atomic mass is 16.5. The van der Waals surface area contributed by atoms with Crippen LogP contribution in [0.25, 0.3) is 0 Å². The van der Waals surface area contributed by atoms with E-state index in [1.807, 2.05) is 13.8 Å². The lowest BCUT2D eigenvalue weighted by molar-refractivity contribution is 0.0939. The Kier molecular flexibility index (Phi) is 5.42. The van der Waals surface area contributed by atoms with E-state index in [0.29, 0.717) is 18.7 Å². The number of aliphatic hydroxyl groups is 1. The number of aromatic nitrogens is 1. The van der Waals surface area contributed by atoms with Gasteiger partial charge in [0.15, 0.2) is 11.4 Å². The van der Waals surface area contributed by atoms with Crippen LogP contribution in [0.3, 0.4) is 0 Å². The number of carbonyl (C=O) groups excluding carboxylic acids is 1. The third-order valence-electron chi connectivity index (χ3n) is 1.97. The first-order valence-electron chi connectivity index (χ1n) is 5.66. The van der Waals surface area contributed by atoms with Crippen LogP contribution in [0.2, 0.25) is 0 Å². The molecule has 94 valence electrons. The van der Waals surface area contributed by atoms with Crippen LogP contribution in [0.5, 0.6) is 5.75 Å². The van der Waals surface area contributed by atoms with Gasteiger partial charge in [-0.25, -0.2) is 4.98 Å². The molecule has 5 heteroatoms. The molecule has 0 atom stereocenters. The molecule has 0 aliphatic rings. The van der Waals surface area contributed by atoms with Gasteiger partial charge in [0.1, 0.15) is 0 Å². The van der Waals surface area contributed by atoms with Gasteiger partial charge < -0.3 is 15.2 Å². The summed E-state index contributed by atoms with van der Waals surface area (Å²) in [5, 5.41) is 11.3. The molecule has 0 unspecified atom stereocenters. The average Bonchev–Trinajstić information content (AvgIpc) is 2.29. The number of nitrogens with one attached hydrogen (secondary N) is 1. The quantitative estimate of drug-likeness (QED) is 0.725. The molecular weight excluding hydrogens is 220 g/mol. The van der Waals surface area contributed by atoms with E-state index < -0.39 is 0 Å². The van der Waals surface area contributed by atoms with Gasteiger partial charge in [-0.3, -0.25) is 4.79 Å². The van der Waals surface area contributed by atoms with E-state index in [2.05, 4.69) is 10.3 Å². The Labute approximate surface area is 101 Å². The minimum absolute atomic E-state index is 0.0109. The maximum Gasteiger partial charge on any atom is 0.273 e. The van der Waals surface area contributed by atoms with Crippen LogP contribution >= 0.6 is 0 Å². The first-order valence-corrected chi connectivity index (χ1v) is 5.66. The van der Waals surface area contributed by atoms with Gasteiger partial charge in [-0.05, 0) is 32.4 Å². The van der Waals surface area contributed by atoms with Gasteiger partial charge in [-0.15, -0.1) is 0 Å². The monoisotopic (exact) mass is 238 g/mol. The molecule has 0 radical (unpaired) electrons. The summed E-state index contributed by atoms with van der Waals surface area (Å²) in [6.07, 6.45) is 2.07. The predicted octanol–water partition coefficient (Wildman–Crippen LogP) is 0.981. The van der Waals surface area contributed by atoms with Crippen molar-refractivity contribution in [2.24, 2.45) is 0 Å². The molecule has 0 saturated heterocycles. The molecule has 0 aliphatic heterocycles. The van der Waals surface area contributed by atoms with Crippen LogP contribution < -0.4 is 10.1 Å². The molecule has 1 heterocycles. The van der Waals surface area contributed by atoms with E-state index in [1.54, 1.807) is 18.3 Å². The molecule has 0 aromatic carbocycles. The molecule has 1 amide bonds. The number of ether oxygens (including phenoxy) is 1. The van der Waals surface area contributed by atoms with E-state index >= 15 is 0 Å². The highest BCUT2D eigenvalue weighted by Crippen LogP contribution is 2.16. The van der Waals surface area contributed by atoms with Crippen molar-refractivity contribution in [2.75, 3.05) is 13.2 Å². The number of hydrogen-bond donors (Lipinski definition) is 2. The molecule has 5 nitrogen and oxygen atoms in total. The minimum atomic E-state index is -0.283. The maximum atomic E-state index is 11.8. The number of pyridine rings is 1. The molecule has 0 aliphatic carbocycles. The molecule has 17 heavy (non-hydrogen) atoms. The zero-order valence-electron chi connectivity index (χ0n) is 10.1. The summed E-state index contributed by atoms with van der Waals surface area (Å²) >= 11 is 0. The van der Waals surface area contributed by atoms with E-state index in [-0.39, 0.29) is 24.3 Å². The summed E-state index contributed by atoms with van der Waals surface area (Å²) in [7, 11) is 0. The Morgan fingerprint density at radius 2 is 2.35 bits per heavy atom. The fourth-order valence-electron chi connectivity index (χ4n) is 1.27. The van der Waals surface area contributed by atoms with Gasteiger partial charge >= 0.3 is 0 Å². The smallest absolute Gasteiger partial charge is 0.273 e. The number of rotatable bonds is 6. The SMILES string of the molecule is CC(C)Oc1cccnc1C(=O)NCCCO. The molecule has 1 aromatic heterocycles. The van der Waals surface area contributed by atoms with Crippen LogP contribution in [-0.2, 0) is 0 Å². The second kappa shape index (κ2) is 6.85. The van der Waals surface area contributed by atoms with Crippen LogP contribution in [0, 0.1) is 0 Å². The Balaban J connectivity index is 2.71. The molecule has 0 bridgehead atoms. The van der Waals surface area contributed by atoms with Gasteiger partial charge in [-0.2, -0.15) is 0 Å². The number of nitrogens with zero attached hydrogens (tertiary/aromatic N) is 1. The standard InChI is InChI=1S/C12H18N2O3/c1-9(2)17-10-5-3-6-13-11(10)12(16)14-7-4-8-15/h3,5-6,9,15H,4,7-8H2,1-2H3,(H,14,16). The molecular formula is C12H18N2O3. The maximum absolute atomic E-state index is 11.8. The van der Waals surface area contributed by atoms with Crippen LogP contribution in [-0.4, -0.2) is 35.3 Å². The second-order valence-electron chi connectivity index (χ2n) is 3.85. The number of hydrogen-bond acceptors (Lipinski definition) is 4. The number of amides is 1. The lowest BCUT2D eigenvalue weighted by Gasteiger charge is -2.12. The largest absolute Gasteiger partial charge is 0.489 e. The Hall–Kier alpha value is -1.62. The molecule has 2 N–H and O–H groups in total. The molecule has 0 fully saturated rings. The van der Waals surface area contributed by atoms with Crippen molar-refractivity contribution in [3.63, 3.8) is 0 Å². The molecule has 0 spiro atoms. The predicted molar refractivity (Wildman–Crippen MR) is 64.0 cm³/mol. The zero-order chi connectivity index (χ0) is 12.7. The summed E-state index contributed by atoms with van der Waals surface area (Å²) in [4.78, 5) is 15.8. The van der Waals surface area contributed by atoms with E-state index in [4.69, 9.17) is 9.84 Å². The van der Waals surface area contributed by atoms with Crippen molar-refractivity contribution in [2.45, 2.75) is 26.4 Å². The molecule has 1 aromatic rings. The van der Waals surface area contributed by atoms with Crippen LogP contribution in [0.4, 0.5) is 0 Å². The lowest BCUT2D eigenvalue weighted by Crippen LogP contribution is -2.26. The number of carbonyl (C=O) groups is 1. The number of aliphatic hydroxyl groups excluding tert-OH is 1. The van der Waals surface area contributed by atoms with Gasteiger partial charge in [0, 0.05) is 19.3 Å². The fourth-order valence-corrected chi connectivity index (χ4v) is 1.27. The van der Waals surface area contributed by atoms with Crippen molar-refractivity contribution in [1.29, 1.82) is 0 Å². The van der Waals surface area contributed by atoms with Gasteiger partial charge in [-0.1, -0.05) is 0 Å². The van der Waals surface area contributed by atoms with Gasteiger partial charge in [0.05, 0.1) is 6.10 Å². The van der Waals surface area contributed by atoms with Crippen molar-refractivity contribution >= 4 is 5.91 Å². The molecule has 1 rings (SSSR count). The van der Waals surface area contributed by atoms with E-state index in [9.17, 15) is 4.79 Å². The second-order valence-corrected chi connectivity index (χ2v) is 3.85. The third-order valence-corrected chi connectivity index (χ3v) is 1.97. The first kappa shape index (κ1) is 13.4. The summed E-state index contributed by atoms with van der Waals surface area (Å²) in [5.74, 6) is 0.193. The lowest BCUT2D eigenvalue weighted by atomic mass is 10.3. The summed E-state index contributed by atoms with van der Waals surface area (Å²) < 4.78 is 5.50.